The van der Waals surface area contributed by atoms with Gasteiger partial charge in [-0.2, -0.15) is 4.98 Å². The molecule has 7 heteroatoms. The number of benzene rings is 2. The first-order chi connectivity index (χ1) is 13.7. The SMILES string of the molecule is COc1ccc(-c2nc(-c3cccc(Cn4ccnc4C)c3)no2)cc1OC. The third kappa shape index (κ3) is 3.46. The molecule has 0 amide bonds. The van der Waals surface area contributed by atoms with Crippen LogP contribution in [0.4, 0.5) is 0 Å². The molecule has 4 aromatic rings. The van der Waals surface area contributed by atoms with Crippen molar-refractivity contribution in [1.29, 1.82) is 0 Å². The summed E-state index contributed by atoms with van der Waals surface area (Å²) >= 11 is 0. The summed E-state index contributed by atoms with van der Waals surface area (Å²) in [5, 5.41) is 4.14. The summed E-state index contributed by atoms with van der Waals surface area (Å²) in [6.07, 6.45) is 3.76. The maximum absolute atomic E-state index is 5.47. The van der Waals surface area contributed by atoms with E-state index in [2.05, 4.69) is 31.8 Å². The molecule has 0 saturated heterocycles. The lowest BCUT2D eigenvalue weighted by atomic mass is 10.1. The Balaban J connectivity index is 1.61. The molecule has 28 heavy (non-hydrogen) atoms. The minimum absolute atomic E-state index is 0.423. The van der Waals surface area contributed by atoms with Gasteiger partial charge in [0.25, 0.3) is 5.89 Å². The molecule has 0 N–H and O–H groups in total. The summed E-state index contributed by atoms with van der Waals surface area (Å²) in [5.41, 5.74) is 2.79. The summed E-state index contributed by atoms with van der Waals surface area (Å²) in [7, 11) is 3.19. The first-order valence-electron chi connectivity index (χ1n) is 8.81. The predicted octanol–water partition coefficient (Wildman–Crippen LogP) is 3.97. The van der Waals surface area contributed by atoms with Crippen molar-refractivity contribution in [1.82, 2.24) is 19.7 Å². The Labute approximate surface area is 162 Å². The van der Waals surface area contributed by atoms with Gasteiger partial charge in [-0.25, -0.2) is 4.98 Å². The Morgan fingerprint density at radius 2 is 1.86 bits per heavy atom. The van der Waals surface area contributed by atoms with Crippen LogP contribution < -0.4 is 9.47 Å². The first-order valence-corrected chi connectivity index (χ1v) is 8.81. The Kier molecular flexibility index (Phi) is 4.80. The van der Waals surface area contributed by atoms with Crippen LogP contribution in [-0.4, -0.2) is 33.9 Å². The van der Waals surface area contributed by atoms with Crippen molar-refractivity contribution in [3.05, 3.63) is 66.2 Å². The summed E-state index contributed by atoms with van der Waals surface area (Å²) < 4.78 is 18.2. The highest BCUT2D eigenvalue weighted by atomic mass is 16.5. The van der Waals surface area contributed by atoms with Gasteiger partial charge in [0.05, 0.1) is 14.2 Å². The number of methoxy groups -OCH3 is 2. The highest BCUT2D eigenvalue weighted by molar-refractivity contribution is 5.63. The monoisotopic (exact) mass is 376 g/mol. The van der Waals surface area contributed by atoms with E-state index in [-0.39, 0.29) is 0 Å². The van der Waals surface area contributed by atoms with Crippen molar-refractivity contribution < 1.29 is 14.0 Å². The number of hydrogen-bond acceptors (Lipinski definition) is 6. The molecule has 4 rings (SSSR count). The molecule has 0 aliphatic rings. The molecule has 0 bridgehead atoms. The van der Waals surface area contributed by atoms with Crippen molar-refractivity contribution in [3.63, 3.8) is 0 Å². The first kappa shape index (κ1) is 17.8. The number of rotatable bonds is 6. The van der Waals surface area contributed by atoms with Gasteiger partial charge in [-0.15, -0.1) is 0 Å². The summed E-state index contributed by atoms with van der Waals surface area (Å²) in [6, 6.07) is 13.6. The molecule has 2 aromatic heterocycles. The van der Waals surface area contributed by atoms with E-state index < -0.39 is 0 Å². The molecule has 2 aromatic carbocycles. The van der Waals surface area contributed by atoms with Gasteiger partial charge in [-0.1, -0.05) is 23.4 Å². The van der Waals surface area contributed by atoms with Crippen LogP contribution in [0.3, 0.4) is 0 Å². The molecule has 0 unspecified atom stereocenters. The predicted molar refractivity (Wildman–Crippen MR) is 104 cm³/mol. The largest absolute Gasteiger partial charge is 0.493 e. The van der Waals surface area contributed by atoms with Gasteiger partial charge >= 0.3 is 0 Å². The fourth-order valence-electron chi connectivity index (χ4n) is 3.00. The zero-order valence-corrected chi connectivity index (χ0v) is 15.9. The Morgan fingerprint density at radius 1 is 1.00 bits per heavy atom. The zero-order valence-electron chi connectivity index (χ0n) is 15.9. The second kappa shape index (κ2) is 7.56. The van der Waals surface area contributed by atoms with E-state index in [1.54, 1.807) is 20.4 Å². The lowest BCUT2D eigenvalue weighted by molar-refractivity contribution is 0.355. The molecule has 0 radical (unpaired) electrons. The second-order valence-electron chi connectivity index (χ2n) is 6.30. The van der Waals surface area contributed by atoms with Crippen LogP contribution in [0.25, 0.3) is 22.8 Å². The number of nitrogens with zero attached hydrogens (tertiary/aromatic N) is 4. The average Bonchev–Trinajstić information content (AvgIpc) is 3.37. The van der Waals surface area contributed by atoms with E-state index in [0.717, 1.165) is 29.1 Å². The van der Waals surface area contributed by atoms with Crippen LogP contribution in [0.1, 0.15) is 11.4 Å². The van der Waals surface area contributed by atoms with Crippen LogP contribution >= 0.6 is 0 Å². The number of aromatic nitrogens is 4. The lowest BCUT2D eigenvalue weighted by Crippen LogP contribution is -2.00. The minimum atomic E-state index is 0.423. The summed E-state index contributed by atoms with van der Waals surface area (Å²) in [4.78, 5) is 8.80. The normalized spacial score (nSPS) is 10.8. The van der Waals surface area contributed by atoms with Gasteiger partial charge in [-0.3, -0.25) is 0 Å². The molecule has 0 atom stereocenters. The molecule has 0 aliphatic heterocycles. The molecule has 0 spiro atoms. The van der Waals surface area contributed by atoms with E-state index in [4.69, 9.17) is 14.0 Å². The Hall–Kier alpha value is -3.61. The molecular weight excluding hydrogens is 356 g/mol. The molecule has 142 valence electrons. The standard InChI is InChI=1S/C21H20N4O3/c1-14-22-9-10-25(14)13-15-5-4-6-16(11-15)20-23-21(28-24-20)17-7-8-18(26-2)19(12-17)27-3/h4-12H,13H2,1-3H3. The topological polar surface area (TPSA) is 75.2 Å². The highest BCUT2D eigenvalue weighted by Crippen LogP contribution is 2.32. The molecular formula is C21H20N4O3. The lowest BCUT2D eigenvalue weighted by Gasteiger charge is -2.07. The third-order valence-corrected chi connectivity index (χ3v) is 4.52. The maximum Gasteiger partial charge on any atom is 0.258 e. The van der Waals surface area contributed by atoms with E-state index in [0.29, 0.717) is 23.2 Å². The average molecular weight is 376 g/mol. The van der Waals surface area contributed by atoms with Gasteiger partial charge in [0.1, 0.15) is 5.82 Å². The van der Waals surface area contributed by atoms with E-state index in [1.165, 1.54) is 0 Å². The van der Waals surface area contributed by atoms with Crippen molar-refractivity contribution in [3.8, 4) is 34.3 Å². The molecule has 7 nitrogen and oxygen atoms in total. The van der Waals surface area contributed by atoms with Crippen LogP contribution in [0.5, 0.6) is 11.5 Å². The Bertz CT molecular complexity index is 1100. The van der Waals surface area contributed by atoms with Crippen molar-refractivity contribution in [2.75, 3.05) is 14.2 Å². The fraction of sp³-hybridized carbons (Fsp3) is 0.190. The third-order valence-electron chi connectivity index (χ3n) is 4.52. The highest BCUT2D eigenvalue weighted by Gasteiger charge is 2.14. The van der Waals surface area contributed by atoms with Gasteiger partial charge in [0.15, 0.2) is 11.5 Å². The summed E-state index contributed by atoms with van der Waals surface area (Å²) in [6.45, 7) is 2.72. The van der Waals surface area contributed by atoms with Crippen LogP contribution in [0.2, 0.25) is 0 Å². The molecule has 0 saturated carbocycles. The van der Waals surface area contributed by atoms with Gasteiger partial charge in [-0.05, 0) is 36.8 Å². The second-order valence-corrected chi connectivity index (χ2v) is 6.30. The van der Waals surface area contributed by atoms with Crippen molar-refractivity contribution in [2.24, 2.45) is 0 Å². The minimum Gasteiger partial charge on any atom is -0.493 e. The van der Waals surface area contributed by atoms with Gasteiger partial charge in [0.2, 0.25) is 5.82 Å². The van der Waals surface area contributed by atoms with E-state index in [9.17, 15) is 0 Å². The van der Waals surface area contributed by atoms with Crippen molar-refractivity contribution >= 4 is 0 Å². The Morgan fingerprint density at radius 3 is 2.61 bits per heavy atom. The summed E-state index contributed by atoms with van der Waals surface area (Å²) in [5.74, 6) is 3.19. The number of ether oxygens (including phenoxy) is 2. The molecule has 0 fully saturated rings. The smallest absolute Gasteiger partial charge is 0.258 e. The van der Waals surface area contributed by atoms with Crippen molar-refractivity contribution in [2.45, 2.75) is 13.5 Å². The van der Waals surface area contributed by atoms with Crippen LogP contribution in [0.15, 0.2) is 59.4 Å². The maximum atomic E-state index is 5.47. The number of imidazole rings is 1. The van der Waals surface area contributed by atoms with Gasteiger partial charge in [0, 0.05) is 30.1 Å². The van der Waals surface area contributed by atoms with Crippen LogP contribution in [-0.2, 0) is 6.54 Å². The fourth-order valence-corrected chi connectivity index (χ4v) is 3.00. The molecule has 0 aliphatic carbocycles. The van der Waals surface area contributed by atoms with E-state index in [1.807, 2.05) is 43.5 Å². The quantitative estimate of drug-likeness (QED) is 0.507. The molecule has 2 heterocycles. The van der Waals surface area contributed by atoms with Crippen LogP contribution in [0, 0.1) is 6.92 Å². The van der Waals surface area contributed by atoms with Gasteiger partial charge < -0.3 is 18.6 Å². The van der Waals surface area contributed by atoms with E-state index >= 15 is 0 Å². The number of hydrogen-bond donors (Lipinski definition) is 0. The number of aryl methyl sites for hydroxylation is 1. The zero-order chi connectivity index (χ0) is 19.5.